The first kappa shape index (κ1) is 11.9. The van der Waals surface area contributed by atoms with Crippen LogP contribution in [0.25, 0.3) is 16.3 Å². The zero-order valence-corrected chi connectivity index (χ0v) is 11.6. The van der Waals surface area contributed by atoms with E-state index in [0.717, 1.165) is 15.5 Å². The van der Waals surface area contributed by atoms with Gasteiger partial charge in [-0.2, -0.15) is 9.61 Å². The molecule has 0 saturated carbocycles. The standard InChI is InChI=1S/C12H12N4O2S/c1-7-15-16-11(13-14-12(16)19-7)8-4-9(17-2)6-10(5-8)18-3/h4-6H,1-3H3. The predicted octanol–water partition coefficient (Wildman–Crippen LogP) is 2.18. The van der Waals surface area contributed by atoms with Crippen molar-refractivity contribution < 1.29 is 9.47 Å². The third kappa shape index (κ3) is 2.01. The Morgan fingerprint density at radius 1 is 1.05 bits per heavy atom. The summed E-state index contributed by atoms with van der Waals surface area (Å²) in [4.78, 5) is 0.772. The predicted molar refractivity (Wildman–Crippen MR) is 71.9 cm³/mol. The number of hydrogen-bond acceptors (Lipinski definition) is 6. The van der Waals surface area contributed by atoms with Gasteiger partial charge in [-0.3, -0.25) is 0 Å². The van der Waals surface area contributed by atoms with Gasteiger partial charge in [-0.25, -0.2) is 0 Å². The van der Waals surface area contributed by atoms with Gasteiger partial charge in [0.1, 0.15) is 16.5 Å². The molecule has 6 nitrogen and oxygen atoms in total. The van der Waals surface area contributed by atoms with Crippen LogP contribution in [0.15, 0.2) is 18.2 Å². The van der Waals surface area contributed by atoms with E-state index in [1.54, 1.807) is 18.7 Å². The molecule has 0 aliphatic rings. The summed E-state index contributed by atoms with van der Waals surface area (Å²) in [7, 11) is 3.23. The highest BCUT2D eigenvalue weighted by Gasteiger charge is 2.13. The molecule has 0 saturated heterocycles. The average Bonchev–Trinajstić information content (AvgIpc) is 2.96. The Morgan fingerprint density at radius 3 is 2.37 bits per heavy atom. The summed E-state index contributed by atoms with van der Waals surface area (Å²) in [6.45, 7) is 1.94. The first-order valence-electron chi connectivity index (χ1n) is 5.63. The molecule has 0 amide bonds. The Hall–Kier alpha value is -2.15. The molecule has 0 aliphatic carbocycles. The highest BCUT2D eigenvalue weighted by Crippen LogP contribution is 2.29. The molecule has 0 spiro atoms. The fourth-order valence-electron chi connectivity index (χ4n) is 1.83. The molecule has 0 fully saturated rings. The normalized spacial score (nSPS) is 10.9. The number of fused-ring (bicyclic) bond motifs is 1. The fraction of sp³-hybridized carbons (Fsp3) is 0.250. The van der Waals surface area contributed by atoms with Crippen molar-refractivity contribution in [2.75, 3.05) is 14.2 Å². The third-order valence-corrected chi connectivity index (χ3v) is 3.52. The van der Waals surface area contributed by atoms with Crippen molar-refractivity contribution >= 4 is 16.3 Å². The molecule has 2 aromatic heterocycles. The van der Waals surface area contributed by atoms with Crippen molar-refractivity contribution in [1.82, 2.24) is 19.8 Å². The molecule has 0 bridgehead atoms. The number of methoxy groups -OCH3 is 2. The lowest BCUT2D eigenvalue weighted by atomic mass is 10.2. The summed E-state index contributed by atoms with van der Waals surface area (Å²) in [5.74, 6) is 2.09. The minimum atomic E-state index is 0.677. The molecule has 1 aromatic carbocycles. The first-order chi connectivity index (χ1) is 9.21. The van der Waals surface area contributed by atoms with Crippen molar-refractivity contribution in [2.24, 2.45) is 0 Å². The van der Waals surface area contributed by atoms with Crippen LogP contribution in [0.5, 0.6) is 11.5 Å². The van der Waals surface area contributed by atoms with Crippen LogP contribution in [-0.2, 0) is 0 Å². The zero-order chi connectivity index (χ0) is 13.4. The molecular formula is C12H12N4O2S. The second kappa shape index (κ2) is 4.51. The SMILES string of the molecule is COc1cc(OC)cc(-c2nnc3sc(C)nn23)c1. The van der Waals surface area contributed by atoms with E-state index in [0.29, 0.717) is 17.3 Å². The van der Waals surface area contributed by atoms with Gasteiger partial charge in [0.05, 0.1) is 14.2 Å². The highest BCUT2D eigenvalue weighted by atomic mass is 32.1. The van der Waals surface area contributed by atoms with Crippen LogP contribution in [0.2, 0.25) is 0 Å². The Morgan fingerprint density at radius 2 is 1.74 bits per heavy atom. The van der Waals surface area contributed by atoms with E-state index in [1.165, 1.54) is 11.3 Å². The average molecular weight is 276 g/mol. The van der Waals surface area contributed by atoms with E-state index in [-0.39, 0.29) is 0 Å². The van der Waals surface area contributed by atoms with Crippen LogP contribution in [0, 0.1) is 6.92 Å². The van der Waals surface area contributed by atoms with Gasteiger partial charge >= 0.3 is 0 Å². The summed E-state index contributed by atoms with van der Waals surface area (Å²) in [6, 6.07) is 5.58. The maximum absolute atomic E-state index is 5.26. The van der Waals surface area contributed by atoms with Gasteiger partial charge < -0.3 is 9.47 Å². The lowest BCUT2D eigenvalue weighted by molar-refractivity contribution is 0.394. The Kier molecular flexibility index (Phi) is 2.83. The second-order valence-electron chi connectivity index (χ2n) is 3.94. The monoisotopic (exact) mass is 276 g/mol. The van der Waals surface area contributed by atoms with Crippen LogP contribution in [0.1, 0.15) is 5.01 Å². The number of nitrogens with zero attached hydrogens (tertiary/aromatic N) is 4. The number of rotatable bonds is 3. The number of hydrogen-bond donors (Lipinski definition) is 0. The summed E-state index contributed by atoms with van der Waals surface area (Å²) in [5, 5.41) is 13.6. The first-order valence-corrected chi connectivity index (χ1v) is 6.45. The molecule has 98 valence electrons. The van der Waals surface area contributed by atoms with E-state index in [2.05, 4.69) is 15.3 Å². The minimum absolute atomic E-state index is 0.677. The molecule has 0 unspecified atom stereocenters. The summed E-state index contributed by atoms with van der Waals surface area (Å²) in [6.07, 6.45) is 0. The number of aromatic nitrogens is 4. The molecular weight excluding hydrogens is 264 g/mol. The molecule has 0 N–H and O–H groups in total. The van der Waals surface area contributed by atoms with E-state index in [9.17, 15) is 0 Å². The largest absolute Gasteiger partial charge is 0.497 e. The fourth-order valence-corrected chi connectivity index (χ4v) is 2.51. The highest BCUT2D eigenvalue weighted by molar-refractivity contribution is 7.16. The van der Waals surface area contributed by atoms with E-state index < -0.39 is 0 Å². The Balaban J connectivity index is 2.19. The van der Waals surface area contributed by atoms with Crippen molar-refractivity contribution in [3.63, 3.8) is 0 Å². The lowest BCUT2D eigenvalue weighted by Gasteiger charge is -2.06. The van der Waals surface area contributed by atoms with Crippen LogP contribution in [-0.4, -0.2) is 34.0 Å². The maximum atomic E-state index is 5.26. The van der Waals surface area contributed by atoms with Crippen LogP contribution < -0.4 is 9.47 Å². The molecule has 0 aliphatic heterocycles. The Bertz CT molecular complexity index is 712. The smallest absolute Gasteiger partial charge is 0.234 e. The van der Waals surface area contributed by atoms with Gasteiger partial charge in [0, 0.05) is 11.6 Å². The van der Waals surface area contributed by atoms with Gasteiger partial charge in [-0.05, 0) is 19.1 Å². The molecule has 3 rings (SSSR count). The number of benzene rings is 1. The lowest BCUT2D eigenvalue weighted by Crippen LogP contribution is -1.93. The van der Waals surface area contributed by atoms with Crippen LogP contribution >= 0.6 is 11.3 Å². The van der Waals surface area contributed by atoms with Gasteiger partial charge in [0.2, 0.25) is 4.96 Å². The van der Waals surface area contributed by atoms with Crippen molar-refractivity contribution in [3.8, 4) is 22.9 Å². The van der Waals surface area contributed by atoms with E-state index >= 15 is 0 Å². The zero-order valence-electron chi connectivity index (χ0n) is 10.7. The maximum Gasteiger partial charge on any atom is 0.234 e. The Labute approximate surface area is 113 Å². The molecule has 2 heterocycles. The second-order valence-corrected chi connectivity index (χ2v) is 5.10. The number of ether oxygens (including phenoxy) is 2. The topological polar surface area (TPSA) is 61.5 Å². The van der Waals surface area contributed by atoms with Crippen molar-refractivity contribution in [1.29, 1.82) is 0 Å². The quantitative estimate of drug-likeness (QED) is 0.733. The van der Waals surface area contributed by atoms with Crippen molar-refractivity contribution in [2.45, 2.75) is 6.92 Å². The molecule has 0 radical (unpaired) electrons. The van der Waals surface area contributed by atoms with Gasteiger partial charge in [-0.1, -0.05) is 11.3 Å². The van der Waals surface area contributed by atoms with Gasteiger partial charge in [0.15, 0.2) is 5.82 Å². The van der Waals surface area contributed by atoms with Crippen molar-refractivity contribution in [3.05, 3.63) is 23.2 Å². The van der Waals surface area contributed by atoms with Gasteiger partial charge in [0.25, 0.3) is 0 Å². The van der Waals surface area contributed by atoms with Crippen LogP contribution in [0.4, 0.5) is 0 Å². The molecule has 0 atom stereocenters. The van der Waals surface area contributed by atoms with Gasteiger partial charge in [-0.15, -0.1) is 10.2 Å². The molecule has 19 heavy (non-hydrogen) atoms. The minimum Gasteiger partial charge on any atom is -0.497 e. The summed E-state index contributed by atoms with van der Waals surface area (Å²) in [5.41, 5.74) is 0.856. The summed E-state index contributed by atoms with van der Waals surface area (Å²) < 4.78 is 12.2. The summed E-state index contributed by atoms with van der Waals surface area (Å²) >= 11 is 1.50. The van der Waals surface area contributed by atoms with E-state index in [1.807, 2.05) is 25.1 Å². The number of aryl methyl sites for hydroxylation is 1. The molecule has 7 heteroatoms. The van der Waals surface area contributed by atoms with E-state index in [4.69, 9.17) is 9.47 Å². The third-order valence-electron chi connectivity index (χ3n) is 2.70. The molecule has 3 aromatic rings. The van der Waals surface area contributed by atoms with Crippen LogP contribution in [0.3, 0.4) is 0 Å².